The van der Waals surface area contributed by atoms with E-state index in [1.165, 1.54) is 54.4 Å². The van der Waals surface area contributed by atoms with Crippen molar-refractivity contribution in [2.45, 2.75) is 97.2 Å². The van der Waals surface area contributed by atoms with Gasteiger partial charge in [-0.25, -0.2) is 0 Å². The molecule has 1 saturated carbocycles. The fourth-order valence-electron chi connectivity index (χ4n) is 6.18. The lowest BCUT2D eigenvalue weighted by atomic mass is 9.71. The van der Waals surface area contributed by atoms with Crippen LogP contribution in [0, 0.1) is 17.8 Å². The maximum Gasteiger partial charge on any atom is 0.490 e. The highest BCUT2D eigenvalue weighted by atomic mass is 16.7. The Hall–Kier alpha value is -1.33. The highest BCUT2D eigenvalue weighted by Gasteiger charge is 2.53. The van der Waals surface area contributed by atoms with Gasteiger partial charge < -0.3 is 14.2 Å². The SMILES string of the molecule is CCC1CCC(CN2C(=O)CC3CC4=CC=C(B5OC(C)(C)C(C)(C)O5)CC4=C32)CC1. The first kappa shape index (κ1) is 21.5. The van der Waals surface area contributed by atoms with Crippen molar-refractivity contribution in [2.24, 2.45) is 17.8 Å². The van der Waals surface area contributed by atoms with Crippen molar-refractivity contribution in [3.63, 3.8) is 0 Å². The number of carbonyl (C=O) groups excluding carboxylic acids is 1. The molecule has 0 aromatic rings. The molecule has 31 heavy (non-hydrogen) atoms. The summed E-state index contributed by atoms with van der Waals surface area (Å²) in [5.74, 6) is 2.28. The Bertz CT molecular complexity index is 844. The second-order valence-electron chi connectivity index (χ2n) is 11.5. The van der Waals surface area contributed by atoms with E-state index in [1.807, 2.05) is 0 Å². The van der Waals surface area contributed by atoms with Crippen molar-refractivity contribution >= 4 is 13.0 Å². The first-order valence-corrected chi connectivity index (χ1v) is 12.5. The molecule has 1 unspecified atom stereocenters. The molecule has 0 aromatic heterocycles. The molecule has 0 radical (unpaired) electrons. The van der Waals surface area contributed by atoms with E-state index in [-0.39, 0.29) is 18.3 Å². The van der Waals surface area contributed by atoms with Crippen molar-refractivity contribution < 1.29 is 14.1 Å². The number of nitrogens with zero attached hydrogens (tertiary/aromatic N) is 1. The molecular weight excluding hydrogens is 385 g/mol. The third-order valence-corrected chi connectivity index (χ3v) is 8.98. The van der Waals surface area contributed by atoms with Crippen molar-refractivity contribution in [1.82, 2.24) is 4.90 Å². The zero-order valence-corrected chi connectivity index (χ0v) is 20.0. The van der Waals surface area contributed by atoms with E-state index >= 15 is 0 Å². The van der Waals surface area contributed by atoms with Crippen LogP contribution in [0.25, 0.3) is 0 Å². The van der Waals surface area contributed by atoms with Gasteiger partial charge in [-0.15, -0.1) is 0 Å². The van der Waals surface area contributed by atoms with Gasteiger partial charge >= 0.3 is 7.12 Å². The Morgan fingerprint density at radius 1 is 1.00 bits per heavy atom. The molecule has 0 aromatic carbocycles. The molecular formula is C26H38BNO3. The molecule has 5 rings (SSSR count). The van der Waals surface area contributed by atoms with Crippen LogP contribution in [0.15, 0.2) is 34.5 Å². The van der Waals surface area contributed by atoms with Crippen LogP contribution in [0.1, 0.15) is 86.0 Å². The van der Waals surface area contributed by atoms with Gasteiger partial charge in [-0.2, -0.15) is 0 Å². The third-order valence-electron chi connectivity index (χ3n) is 8.98. The van der Waals surface area contributed by atoms with Crippen molar-refractivity contribution in [2.75, 3.05) is 6.54 Å². The Balaban J connectivity index is 1.35. The maximum absolute atomic E-state index is 13.0. The summed E-state index contributed by atoms with van der Waals surface area (Å²) in [6.07, 6.45) is 13.5. The summed E-state index contributed by atoms with van der Waals surface area (Å²) in [5, 5.41) is 0. The average Bonchev–Trinajstić information content (AvgIpc) is 3.29. The van der Waals surface area contributed by atoms with Gasteiger partial charge in [0.2, 0.25) is 5.91 Å². The Kier molecular flexibility index (Phi) is 5.29. The van der Waals surface area contributed by atoms with Crippen molar-refractivity contribution in [3.05, 3.63) is 34.5 Å². The average molecular weight is 423 g/mol. The molecule has 3 aliphatic carbocycles. The van der Waals surface area contributed by atoms with Gasteiger partial charge in [0.25, 0.3) is 0 Å². The summed E-state index contributed by atoms with van der Waals surface area (Å²) in [5.41, 5.74) is 4.67. The summed E-state index contributed by atoms with van der Waals surface area (Å²) < 4.78 is 12.7. The lowest BCUT2D eigenvalue weighted by Crippen LogP contribution is -2.41. The number of carbonyl (C=O) groups is 1. The van der Waals surface area contributed by atoms with Crippen LogP contribution >= 0.6 is 0 Å². The van der Waals surface area contributed by atoms with Gasteiger partial charge in [0.05, 0.1) is 11.2 Å². The van der Waals surface area contributed by atoms with E-state index < -0.39 is 0 Å². The van der Waals surface area contributed by atoms with Gasteiger partial charge in [-0.3, -0.25) is 4.79 Å². The van der Waals surface area contributed by atoms with Gasteiger partial charge in [0.15, 0.2) is 0 Å². The molecule has 0 spiro atoms. The minimum absolute atomic E-state index is 0.301. The van der Waals surface area contributed by atoms with Gasteiger partial charge in [-0.05, 0) is 81.8 Å². The van der Waals surface area contributed by atoms with E-state index in [0.717, 1.165) is 25.3 Å². The predicted molar refractivity (Wildman–Crippen MR) is 124 cm³/mol. The van der Waals surface area contributed by atoms with Gasteiger partial charge in [0, 0.05) is 24.6 Å². The summed E-state index contributed by atoms with van der Waals surface area (Å²) in [6.45, 7) is 11.7. The van der Waals surface area contributed by atoms with Crippen molar-refractivity contribution in [3.8, 4) is 0 Å². The molecule has 5 heteroatoms. The van der Waals surface area contributed by atoms with Crippen LogP contribution in [-0.4, -0.2) is 35.7 Å². The molecule has 2 saturated heterocycles. The smallest absolute Gasteiger partial charge is 0.400 e. The second kappa shape index (κ2) is 7.62. The Morgan fingerprint density at radius 2 is 1.65 bits per heavy atom. The zero-order chi connectivity index (χ0) is 22.0. The molecule has 2 aliphatic heterocycles. The van der Waals surface area contributed by atoms with Crippen LogP contribution in [-0.2, 0) is 14.1 Å². The number of rotatable bonds is 4. The van der Waals surface area contributed by atoms with E-state index in [0.29, 0.717) is 24.2 Å². The second-order valence-corrected chi connectivity index (χ2v) is 11.5. The van der Waals surface area contributed by atoms with Crippen LogP contribution in [0.5, 0.6) is 0 Å². The maximum atomic E-state index is 13.0. The number of hydrogen-bond donors (Lipinski definition) is 0. The fourth-order valence-corrected chi connectivity index (χ4v) is 6.18. The summed E-state index contributed by atoms with van der Waals surface area (Å²) in [6, 6.07) is 0. The minimum atomic E-state index is -0.328. The number of likely N-dealkylation sites (tertiary alicyclic amines) is 1. The molecule has 1 amide bonds. The third kappa shape index (κ3) is 3.66. The minimum Gasteiger partial charge on any atom is -0.400 e. The molecule has 2 heterocycles. The Morgan fingerprint density at radius 3 is 2.29 bits per heavy atom. The number of amides is 1. The van der Waals surface area contributed by atoms with Gasteiger partial charge in [0.1, 0.15) is 0 Å². The summed E-state index contributed by atoms with van der Waals surface area (Å²) in [4.78, 5) is 15.2. The first-order valence-electron chi connectivity index (χ1n) is 12.5. The van der Waals surface area contributed by atoms with Gasteiger partial charge in [-0.1, -0.05) is 38.3 Å². The van der Waals surface area contributed by atoms with E-state index in [2.05, 4.69) is 51.7 Å². The molecule has 1 atom stereocenters. The van der Waals surface area contributed by atoms with Crippen LogP contribution < -0.4 is 0 Å². The molecule has 0 N–H and O–H groups in total. The zero-order valence-electron chi connectivity index (χ0n) is 20.0. The van der Waals surface area contributed by atoms with E-state index in [4.69, 9.17) is 9.31 Å². The quantitative estimate of drug-likeness (QED) is 0.553. The highest BCUT2D eigenvalue weighted by Crippen LogP contribution is 2.50. The standard InChI is InChI=1S/C26H38BNO3/c1-6-17-7-9-18(10-8-17)16-28-23(29)14-20-13-19-11-12-21(15-22(19)24(20)28)27-30-25(2,3)26(4,5)31-27/h11-12,17-18,20H,6-10,13-16H2,1-5H3. The number of fused-ring (bicyclic) bond motifs is 2. The highest BCUT2D eigenvalue weighted by molar-refractivity contribution is 6.54. The predicted octanol–water partition coefficient (Wildman–Crippen LogP) is 5.60. The summed E-state index contributed by atoms with van der Waals surface area (Å²) >= 11 is 0. The lowest BCUT2D eigenvalue weighted by Gasteiger charge is -2.32. The Labute approximate surface area is 188 Å². The molecule has 0 bridgehead atoms. The molecule has 4 nitrogen and oxygen atoms in total. The number of hydrogen-bond acceptors (Lipinski definition) is 3. The van der Waals surface area contributed by atoms with E-state index in [1.54, 1.807) is 0 Å². The van der Waals surface area contributed by atoms with Crippen molar-refractivity contribution in [1.29, 1.82) is 0 Å². The normalized spacial score (nSPS) is 34.1. The fraction of sp³-hybridized carbons (Fsp3) is 0.731. The molecule has 5 aliphatic rings. The van der Waals surface area contributed by atoms with Crippen LogP contribution in [0.2, 0.25) is 0 Å². The molecule has 168 valence electrons. The van der Waals surface area contributed by atoms with Crippen LogP contribution in [0.4, 0.5) is 0 Å². The first-order chi connectivity index (χ1) is 14.7. The lowest BCUT2D eigenvalue weighted by molar-refractivity contribution is -0.127. The molecule has 3 fully saturated rings. The van der Waals surface area contributed by atoms with E-state index in [9.17, 15) is 4.79 Å². The topological polar surface area (TPSA) is 38.8 Å². The van der Waals surface area contributed by atoms with Crippen LogP contribution in [0.3, 0.4) is 0 Å². The number of allylic oxidation sites excluding steroid dienone is 6. The largest absolute Gasteiger partial charge is 0.490 e. The monoisotopic (exact) mass is 423 g/mol. The summed E-state index contributed by atoms with van der Waals surface area (Å²) in [7, 11) is -0.301.